The van der Waals surface area contributed by atoms with Gasteiger partial charge in [-0.25, -0.2) is 13.5 Å². The Hall–Kier alpha value is -1.54. The number of nitrogens with one attached hydrogen (secondary N) is 1. The molecule has 1 heterocycles. The summed E-state index contributed by atoms with van der Waals surface area (Å²) in [4.78, 5) is 0. The Morgan fingerprint density at radius 3 is 2.76 bits per heavy atom. The van der Waals surface area contributed by atoms with Crippen LogP contribution in [-0.2, 0) is 12.5 Å². The minimum atomic E-state index is -2.91. The van der Waals surface area contributed by atoms with Crippen molar-refractivity contribution in [2.75, 3.05) is 18.8 Å². The number of aromatic nitrogens is 4. The third-order valence-corrected chi connectivity index (χ3v) is 3.89. The van der Waals surface area contributed by atoms with Crippen LogP contribution in [0.2, 0.25) is 0 Å². The minimum Gasteiger partial charge on any atom is -0.315 e. The van der Waals surface area contributed by atoms with Crippen molar-refractivity contribution in [1.29, 1.82) is 0 Å². The molecule has 0 aliphatic carbocycles. The van der Waals surface area contributed by atoms with Crippen molar-refractivity contribution in [3.8, 4) is 0 Å². The van der Waals surface area contributed by atoms with Gasteiger partial charge in [0, 0.05) is 12.1 Å². The quantitative estimate of drug-likeness (QED) is 0.598. The molecule has 0 atom stereocenters. The summed E-state index contributed by atoms with van der Waals surface area (Å²) in [6.45, 7) is 4.09. The Balaban J connectivity index is 1.95. The van der Waals surface area contributed by atoms with Gasteiger partial charge in [0.1, 0.15) is 0 Å². The smallest absolute Gasteiger partial charge is 0.282 e. The molecule has 0 unspecified atom stereocenters. The fourth-order valence-corrected chi connectivity index (χ4v) is 2.57. The highest BCUT2D eigenvalue weighted by Crippen LogP contribution is 2.33. The molecule has 8 heteroatoms. The number of thioether (sulfide) groups is 1. The Kier molecular flexibility index (Phi) is 5.63. The monoisotopic (exact) mass is 313 g/mol. The van der Waals surface area contributed by atoms with E-state index < -0.39 is 11.7 Å². The van der Waals surface area contributed by atoms with Gasteiger partial charge < -0.3 is 5.32 Å². The number of rotatable bonds is 8. The van der Waals surface area contributed by atoms with Gasteiger partial charge in [0.15, 0.2) is 0 Å². The summed E-state index contributed by atoms with van der Waals surface area (Å²) in [6, 6.07) is 7.78. The largest absolute Gasteiger partial charge is 0.315 e. The van der Waals surface area contributed by atoms with Crippen LogP contribution >= 0.6 is 11.8 Å². The molecule has 0 radical (unpaired) electrons. The van der Waals surface area contributed by atoms with Crippen molar-refractivity contribution in [3.05, 3.63) is 35.9 Å². The summed E-state index contributed by atoms with van der Waals surface area (Å²) in [5, 5.41) is 14.7. The lowest BCUT2D eigenvalue weighted by atomic mass is 10.1. The average Bonchev–Trinajstić information content (AvgIpc) is 2.94. The maximum Gasteiger partial charge on any atom is 0.282 e. The van der Waals surface area contributed by atoms with E-state index in [4.69, 9.17) is 0 Å². The lowest BCUT2D eigenvalue weighted by molar-refractivity contribution is 0.0231. The van der Waals surface area contributed by atoms with E-state index in [2.05, 4.69) is 20.8 Å². The molecule has 0 fully saturated rings. The van der Waals surface area contributed by atoms with Crippen LogP contribution in [0.1, 0.15) is 12.5 Å². The molecule has 0 spiro atoms. The topological polar surface area (TPSA) is 55.6 Å². The average molecular weight is 313 g/mol. The van der Waals surface area contributed by atoms with E-state index in [1.54, 1.807) is 18.2 Å². The van der Waals surface area contributed by atoms with Crippen LogP contribution in [0.4, 0.5) is 8.78 Å². The third kappa shape index (κ3) is 4.47. The van der Waals surface area contributed by atoms with Gasteiger partial charge >= 0.3 is 0 Å². The molecule has 2 rings (SSSR count). The summed E-state index contributed by atoms with van der Waals surface area (Å²) in [6.07, 6.45) is 0. The van der Waals surface area contributed by atoms with Gasteiger partial charge in [0.05, 0.1) is 12.3 Å². The van der Waals surface area contributed by atoms with Crippen molar-refractivity contribution >= 4 is 11.8 Å². The van der Waals surface area contributed by atoms with Gasteiger partial charge in [-0.15, -0.1) is 5.10 Å². The van der Waals surface area contributed by atoms with Crippen LogP contribution in [-0.4, -0.2) is 39.0 Å². The normalized spacial score (nSPS) is 11.8. The van der Waals surface area contributed by atoms with Gasteiger partial charge in [-0.05, 0) is 17.0 Å². The molecule has 114 valence electrons. The highest BCUT2D eigenvalue weighted by molar-refractivity contribution is 7.99. The Morgan fingerprint density at radius 2 is 2.05 bits per heavy atom. The second-order valence-electron chi connectivity index (χ2n) is 4.40. The molecule has 21 heavy (non-hydrogen) atoms. The number of alkyl halides is 2. The van der Waals surface area contributed by atoms with Crippen LogP contribution in [0.15, 0.2) is 35.5 Å². The molecular formula is C13H17F2N5S. The van der Waals surface area contributed by atoms with Gasteiger partial charge in [0.2, 0.25) is 5.16 Å². The molecule has 5 nitrogen and oxygen atoms in total. The first-order chi connectivity index (χ1) is 10.1. The lowest BCUT2D eigenvalue weighted by Crippen LogP contribution is -2.21. The van der Waals surface area contributed by atoms with E-state index in [1.807, 2.05) is 6.92 Å². The van der Waals surface area contributed by atoms with Crippen molar-refractivity contribution in [2.45, 2.75) is 24.5 Å². The van der Waals surface area contributed by atoms with Crippen LogP contribution in [0.5, 0.6) is 0 Å². The molecular weight excluding hydrogens is 296 g/mol. The van der Waals surface area contributed by atoms with Crippen LogP contribution in [0.25, 0.3) is 0 Å². The van der Waals surface area contributed by atoms with Gasteiger partial charge in [-0.2, -0.15) is 0 Å². The van der Waals surface area contributed by atoms with E-state index >= 15 is 0 Å². The SMILES string of the molecule is CCNCCn1nnnc1SCC(F)(F)c1ccccc1. The van der Waals surface area contributed by atoms with E-state index in [1.165, 1.54) is 16.8 Å². The molecule has 1 N–H and O–H groups in total. The predicted molar refractivity (Wildman–Crippen MR) is 77.4 cm³/mol. The summed E-state index contributed by atoms with van der Waals surface area (Å²) in [5.41, 5.74) is 0.00386. The number of nitrogens with zero attached hydrogens (tertiary/aromatic N) is 4. The summed E-state index contributed by atoms with van der Waals surface area (Å²) in [7, 11) is 0. The first-order valence-electron chi connectivity index (χ1n) is 6.66. The van der Waals surface area contributed by atoms with E-state index in [0.717, 1.165) is 18.3 Å². The zero-order valence-electron chi connectivity index (χ0n) is 11.7. The lowest BCUT2D eigenvalue weighted by Gasteiger charge is -2.15. The fraction of sp³-hybridized carbons (Fsp3) is 0.462. The van der Waals surface area contributed by atoms with Gasteiger partial charge in [-0.3, -0.25) is 0 Å². The zero-order chi connectivity index (χ0) is 15.1. The molecule has 0 saturated heterocycles. The first kappa shape index (κ1) is 15.8. The minimum absolute atomic E-state index is 0.00386. The van der Waals surface area contributed by atoms with E-state index in [-0.39, 0.29) is 5.56 Å². The fourth-order valence-electron chi connectivity index (χ4n) is 1.72. The van der Waals surface area contributed by atoms with Crippen molar-refractivity contribution in [3.63, 3.8) is 0 Å². The summed E-state index contributed by atoms with van der Waals surface area (Å²) >= 11 is 0.963. The Morgan fingerprint density at radius 1 is 1.29 bits per heavy atom. The Labute approximate surface area is 126 Å². The molecule has 1 aromatic heterocycles. The predicted octanol–water partition coefficient (Wildman–Crippen LogP) is 2.17. The van der Waals surface area contributed by atoms with Gasteiger partial charge in [-0.1, -0.05) is 49.0 Å². The molecule has 0 saturated carbocycles. The van der Waals surface area contributed by atoms with Crippen LogP contribution in [0.3, 0.4) is 0 Å². The summed E-state index contributed by atoms with van der Waals surface area (Å²) < 4.78 is 29.7. The second kappa shape index (κ2) is 7.46. The highest BCUT2D eigenvalue weighted by Gasteiger charge is 2.32. The molecule has 0 amide bonds. The maximum absolute atomic E-state index is 14.1. The second-order valence-corrected chi connectivity index (χ2v) is 5.34. The first-order valence-corrected chi connectivity index (χ1v) is 7.65. The number of likely N-dealkylation sites (N-methyl/N-ethyl adjacent to an activating group) is 1. The van der Waals surface area contributed by atoms with Crippen molar-refractivity contribution < 1.29 is 8.78 Å². The molecule has 1 aromatic carbocycles. The zero-order valence-corrected chi connectivity index (χ0v) is 12.5. The highest BCUT2D eigenvalue weighted by atomic mass is 32.2. The number of hydrogen-bond donors (Lipinski definition) is 1. The number of benzene rings is 1. The number of tetrazole rings is 1. The molecule has 0 bridgehead atoms. The van der Waals surface area contributed by atoms with Crippen molar-refractivity contribution in [2.24, 2.45) is 0 Å². The van der Waals surface area contributed by atoms with Gasteiger partial charge in [0.25, 0.3) is 5.92 Å². The number of halogens is 2. The molecule has 2 aromatic rings. The van der Waals surface area contributed by atoms with Crippen LogP contribution in [0, 0.1) is 0 Å². The molecule has 0 aliphatic heterocycles. The summed E-state index contributed by atoms with van der Waals surface area (Å²) in [5.74, 6) is -3.30. The van der Waals surface area contributed by atoms with E-state index in [0.29, 0.717) is 18.2 Å². The van der Waals surface area contributed by atoms with E-state index in [9.17, 15) is 8.78 Å². The van der Waals surface area contributed by atoms with Crippen LogP contribution < -0.4 is 5.32 Å². The number of hydrogen-bond acceptors (Lipinski definition) is 5. The van der Waals surface area contributed by atoms with Crippen molar-refractivity contribution in [1.82, 2.24) is 25.5 Å². The maximum atomic E-state index is 14.1. The Bertz CT molecular complexity index is 547. The standard InChI is InChI=1S/C13H17F2N5S/c1-2-16-8-9-20-12(17-18-19-20)21-10-13(14,15)11-6-4-3-5-7-11/h3-7,16H,2,8-10H2,1H3. The molecule has 0 aliphatic rings. The third-order valence-electron chi connectivity index (χ3n) is 2.83.